The molecule has 1 aromatic rings. The van der Waals surface area contributed by atoms with Crippen molar-refractivity contribution in [3.05, 3.63) is 35.9 Å². The van der Waals surface area contributed by atoms with Crippen molar-refractivity contribution in [2.24, 2.45) is 11.7 Å². The molecule has 1 rings (SSSR count). The van der Waals surface area contributed by atoms with E-state index < -0.39 is 6.04 Å². The first-order valence-corrected chi connectivity index (χ1v) is 7.65. The van der Waals surface area contributed by atoms with Crippen LogP contribution in [0.15, 0.2) is 30.3 Å². The zero-order valence-corrected chi connectivity index (χ0v) is 15.1. The summed E-state index contributed by atoms with van der Waals surface area (Å²) in [5.41, 5.74) is 6.93. The van der Waals surface area contributed by atoms with E-state index in [2.05, 4.69) is 12.2 Å². The van der Waals surface area contributed by atoms with E-state index in [-0.39, 0.29) is 42.6 Å². The summed E-state index contributed by atoms with van der Waals surface area (Å²) in [5.74, 6) is -0.116. The SMILES string of the molecule is CC(CN(C)C(=O)CNC(=O)[C@@H](N)C(C)C)c1ccccc1.Cl. The second kappa shape index (κ2) is 10.2. The van der Waals surface area contributed by atoms with Crippen LogP contribution in [0, 0.1) is 5.92 Å². The van der Waals surface area contributed by atoms with Gasteiger partial charge < -0.3 is 16.0 Å². The minimum atomic E-state index is -0.582. The van der Waals surface area contributed by atoms with E-state index in [0.29, 0.717) is 6.54 Å². The molecule has 5 nitrogen and oxygen atoms in total. The Kier molecular flexibility index (Phi) is 9.53. The smallest absolute Gasteiger partial charge is 0.241 e. The van der Waals surface area contributed by atoms with Crippen LogP contribution < -0.4 is 11.1 Å². The Morgan fingerprint density at radius 3 is 2.26 bits per heavy atom. The van der Waals surface area contributed by atoms with Crippen LogP contribution in [0.3, 0.4) is 0 Å². The summed E-state index contributed by atoms with van der Waals surface area (Å²) in [6.45, 7) is 6.41. The summed E-state index contributed by atoms with van der Waals surface area (Å²) in [4.78, 5) is 25.5. The second-order valence-corrected chi connectivity index (χ2v) is 6.07. The van der Waals surface area contributed by atoms with Gasteiger partial charge in [-0.2, -0.15) is 0 Å². The van der Waals surface area contributed by atoms with E-state index >= 15 is 0 Å². The maximum Gasteiger partial charge on any atom is 0.241 e. The van der Waals surface area contributed by atoms with Crippen molar-refractivity contribution in [1.82, 2.24) is 10.2 Å². The molecule has 0 aromatic heterocycles. The number of amides is 2. The van der Waals surface area contributed by atoms with Gasteiger partial charge in [0.25, 0.3) is 0 Å². The van der Waals surface area contributed by atoms with Crippen molar-refractivity contribution in [2.45, 2.75) is 32.7 Å². The maximum absolute atomic E-state index is 12.1. The molecule has 23 heavy (non-hydrogen) atoms. The minimum absolute atomic E-state index is 0. The third kappa shape index (κ3) is 7.01. The Bertz CT molecular complexity index is 494. The number of rotatable bonds is 7. The van der Waals surface area contributed by atoms with Crippen LogP contribution >= 0.6 is 12.4 Å². The zero-order valence-electron chi connectivity index (χ0n) is 14.3. The number of hydrogen-bond donors (Lipinski definition) is 2. The third-order valence-electron chi connectivity index (χ3n) is 3.78. The first-order chi connectivity index (χ1) is 10.3. The summed E-state index contributed by atoms with van der Waals surface area (Å²) in [6.07, 6.45) is 0. The van der Waals surface area contributed by atoms with E-state index in [0.717, 1.165) is 0 Å². The van der Waals surface area contributed by atoms with Crippen LogP contribution in [-0.4, -0.2) is 42.9 Å². The van der Waals surface area contributed by atoms with Gasteiger partial charge in [-0.05, 0) is 17.4 Å². The van der Waals surface area contributed by atoms with Gasteiger partial charge in [0.05, 0.1) is 12.6 Å². The molecular formula is C17H28ClN3O2. The number of carbonyl (C=O) groups excluding carboxylic acids is 2. The molecule has 0 saturated heterocycles. The largest absolute Gasteiger partial charge is 0.346 e. The highest BCUT2D eigenvalue weighted by molar-refractivity contribution is 5.87. The van der Waals surface area contributed by atoms with Crippen LogP contribution in [0.2, 0.25) is 0 Å². The number of benzene rings is 1. The standard InChI is InChI=1S/C17H27N3O2.ClH/c1-12(2)16(18)17(22)19-10-15(21)20(4)11-13(3)14-8-6-5-7-9-14;/h5-9,12-13,16H,10-11,18H2,1-4H3,(H,19,22);1H/t13?,16-;/m0./s1. The Morgan fingerprint density at radius 1 is 1.17 bits per heavy atom. The van der Waals surface area contributed by atoms with Crippen molar-refractivity contribution in [2.75, 3.05) is 20.1 Å². The topological polar surface area (TPSA) is 75.4 Å². The summed E-state index contributed by atoms with van der Waals surface area (Å²) < 4.78 is 0. The van der Waals surface area contributed by atoms with Crippen LogP contribution in [0.5, 0.6) is 0 Å². The lowest BCUT2D eigenvalue weighted by molar-refractivity contribution is -0.132. The molecule has 0 heterocycles. The molecule has 0 bridgehead atoms. The Hall–Kier alpha value is -1.59. The quantitative estimate of drug-likeness (QED) is 0.793. The zero-order chi connectivity index (χ0) is 16.7. The molecule has 0 aliphatic rings. The van der Waals surface area contributed by atoms with E-state index in [1.807, 2.05) is 44.2 Å². The number of likely N-dealkylation sites (N-methyl/N-ethyl adjacent to an activating group) is 1. The second-order valence-electron chi connectivity index (χ2n) is 6.07. The number of nitrogens with two attached hydrogens (primary N) is 1. The molecule has 0 radical (unpaired) electrons. The summed E-state index contributed by atoms with van der Waals surface area (Å²) in [6, 6.07) is 9.46. The van der Waals surface area contributed by atoms with Crippen molar-refractivity contribution in [3.8, 4) is 0 Å². The van der Waals surface area contributed by atoms with Crippen molar-refractivity contribution < 1.29 is 9.59 Å². The average Bonchev–Trinajstić information content (AvgIpc) is 2.51. The lowest BCUT2D eigenvalue weighted by Crippen LogP contribution is -2.47. The monoisotopic (exact) mass is 341 g/mol. The molecule has 0 saturated carbocycles. The van der Waals surface area contributed by atoms with Crippen LogP contribution in [0.4, 0.5) is 0 Å². The van der Waals surface area contributed by atoms with Crippen molar-refractivity contribution in [1.29, 1.82) is 0 Å². The molecule has 6 heteroatoms. The fraction of sp³-hybridized carbons (Fsp3) is 0.529. The van der Waals surface area contributed by atoms with Gasteiger partial charge in [-0.15, -0.1) is 12.4 Å². The average molecular weight is 342 g/mol. The fourth-order valence-corrected chi connectivity index (χ4v) is 2.12. The lowest BCUT2D eigenvalue weighted by Gasteiger charge is -2.23. The first kappa shape index (κ1) is 21.4. The van der Waals surface area contributed by atoms with E-state index in [1.54, 1.807) is 11.9 Å². The van der Waals surface area contributed by atoms with Gasteiger partial charge in [-0.25, -0.2) is 0 Å². The van der Waals surface area contributed by atoms with Gasteiger partial charge in [0.15, 0.2) is 0 Å². The molecule has 0 spiro atoms. The molecule has 3 N–H and O–H groups in total. The molecule has 1 unspecified atom stereocenters. The Morgan fingerprint density at radius 2 is 1.74 bits per heavy atom. The van der Waals surface area contributed by atoms with Crippen molar-refractivity contribution in [3.63, 3.8) is 0 Å². The Labute approximate surface area is 145 Å². The van der Waals surface area contributed by atoms with Gasteiger partial charge in [0.1, 0.15) is 0 Å². The molecule has 1 aromatic carbocycles. The van der Waals surface area contributed by atoms with Gasteiger partial charge >= 0.3 is 0 Å². The highest BCUT2D eigenvalue weighted by atomic mass is 35.5. The number of carbonyl (C=O) groups is 2. The van der Waals surface area contributed by atoms with E-state index in [4.69, 9.17) is 5.73 Å². The molecule has 2 atom stereocenters. The third-order valence-corrected chi connectivity index (χ3v) is 3.78. The number of halogens is 1. The molecule has 2 amide bonds. The highest BCUT2D eigenvalue weighted by Gasteiger charge is 2.19. The molecule has 0 aliphatic heterocycles. The van der Waals surface area contributed by atoms with Gasteiger partial charge in [0, 0.05) is 13.6 Å². The van der Waals surface area contributed by atoms with Crippen molar-refractivity contribution >= 4 is 24.2 Å². The highest BCUT2D eigenvalue weighted by Crippen LogP contribution is 2.15. The molecular weight excluding hydrogens is 314 g/mol. The maximum atomic E-state index is 12.1. The van der Waals surface area contributed by atoms with E-state index in [9.17, 15) is 9.59 Å². The number of hydrogen-bond acceptors (Lipinski definition) is 3. The summed E-state index contributed by atoms with van der Waals surface area (Å²) in [5, 5.41) is 2.60. The Balaban J connectivity index is 0.00000484. The van der Waals surface area contributed by atoms with Crippen LogP contribution in [0.25, 0.3) is 0 Å². The summed E-state index contributed by atoms with van der Waals surface area (Å²) >= 11 is 0. The van der Waals surface area contributed by atoms with Crippen LogP contribution in [0.1, 0.15) is 32.3 Å². The van der Waals surface area contributed by atoms with Gasteiger partial charge in [-0.3, -0.25) is 9.59 Å². The van der Waals surface area contributed by atoms with Gasteiger partial charge in [-0.1, -0.05) is 51.1 Å². The first-order valence-electron chi connectivity index (χ1n) is 7.65. The van der Waals surface area contributed by atoms with E-state index in [1.165, 1.54) is 5.56 Å². The predicted molar refractivity (Wildman–Crippen MR) is 95.6 cm³/mol. The molecule has 0 fully saturated rings. The van der Waals surface area contributed by atoms with Gasteiger partial charge in [0.2, 0.25) is 11.8 Å². The number of nitrogens with zero attached hydrogens (tertiary/aromatic N) is 1. The predicted octanol–water partition coefficient (Wildman–Crippen LogP) is 1.77. The van der Waals surface area contributed by atoms with Crippen LogP contribution in [-0.2, 0) is 9.59 Å². The number of nitrogens with one attached hydrogen (secondary N) is 1. The summed E-state index contributed by atoms with van der Waals surface area (Å²) in [7, 11) is 1.75. The molecule has 0 aliphatic carbocycles. The normalized spacial score (nSPS) is 13.0. The minimum Gasteiger partial charge on any atom is -0.346 e. The fourth-order valence-electron chi connectivity index (χ4n) is 2.12. The lowest BCUT2D eigenvalue weighted by atomic mass is 10.0. The molecule has 130 valence electrons.